The third-order valence-electron chi connectivity index (χ3n) is 3.59. The molecule has 1 N–H and O–H groups in total. The summed E-state index contributed by atoms with van der Waals surface area (Å²) in [4.78, 5) is 10.7. The van der Waals surface area contributed by atoms with Crippen LogP contribution in [0.4, 0.5) is 0 Å². The van der Waals surface area contributed by atoms with Crippen LogP contribution in [0.25, 0.3) is 0 Å². The van der Waals surface area contributed by atoms with Gasteiger partial charge in [-0.2, -0.15) is 0 Å². The Morgan fingerprint density at radius 1 is 1.50 bits per heavy atom. The lowest BCUT2D eigenvalue weighted by Crippen LogP contribution is -2.30. The normalized spacial score (nSPS) is 42.1. The highest BCUT2D eigenvalue weighted by Gasteiger charge is 2.40. The summed E-state index contributed by atoms with van der Waals surface area (Å²) < 4.78 is 5.78. The minimum atomic E-state index is -0.657. The Labute approximate surface area is 84.4 Å². The molecule has 1 heterocycles. The van der Waals surface area contributed by atoms with E-state index in [2.05, 4.69) is 6.92 Å². The smallest absolute Gasteiger partial charge is 0.303 e. The van der Waals surface area contributed by atoms with Crippen molar-refractivity contribution in [2.45, 2.75) is 51.2 Å². The molecule has 14 heavy (non-hydrogen) atoms. The second-order valence-electron chi connectivity index (χ2n) is 4.67. The van der Waals surface area contributed by atoms with Gasteiger partial charge >= 0.3 is 5.97 Å². The molecular weight excluding hydrogens is 180 g/mol. The molecule has 0 radical (unpaired) electrons. The maximum absolute atomic E-state index is 10.7. The zero-order chi connectivity index (χ0) is 10.1. The topological polar surface area (TPSA) is 46.5 Å². The van der Waals surface area contributed by atoms with E-state index in [1.165, 1.54) is 0 Å². The number of carboxylic acid groups (broad SMARTS) is 1. The molecule has 1 saturated carbocycles. The van der Waals surface area contributed by atoms with Crippen molar-refractivity contribution in [1.82, 2.24) is 0 Å². The lowest BCUT2D eigenvalue weighted by Gasteiger charge is -2.31. The van der Waals surface area contributed by atoms with Gasteiger partial charge < -0.3 is 9.84 Å². The molecule has 0 unspecified atom stereocenters. The van der Waals surface area contributed by atoms with Gasteiger partial charge in [0.2, 0.25) is 0 Å². The molecule has 0 spiro atoms. The van der Waals surface area contributed by atoms with Crippen molar-refractivity contribution < 1.29 is 14.6 Å². The van der Waals surface area contributed by atoms with Crippen LogP contribution >= 0.6 is 0 Å². The summed E-state index contributed by atoms with van der Waals surface area (Å²) >= 11 is 0. The lowest BCUT2D eigenvalue weighted by atomic mass is 9.75. The first-order chi connectivity index (χ1) is 6.66. The molecule has 4 atom stereocenters. The molecular formula is C11H18O3. The van der Waals surface area contributed by atoms with Crippen molar-refractivity contribution in [3.63, 3.8) is 0 Å². The largest absolute Gasteiger partial charge is 0.481 e. The first-order valence-corrected chi connectivity index (χ1v) is 5.54. The van der Waals surface area contributed by atoms with Crippen LogP contribution < -0.4 is 0 Å². The Balaban J connectivity index is 2.00. The fourth-order valence-electron chi connectivity index (χ4n) is 3.04. The van der Waals surface area contributed by atoms with E-state index < -0.39 is 5.97 Å². The average molecular weight is 198 g/mol. The zero-order valence-electron chi connectivity index (χ0n) is 8.61. The van der Waals surface area contributed by atoms with Crippen LogP contribution in [0.2, 0.25) is 0 Å². The Morgan fingerprint density at radius 2 is 2.29 bits per heavy atom. The van der Waals surface area contributed by atoms with E-state index in [0.717, 1.165) is 25.7 Å². The van der Waals surface area contributed by atoms with Crippen LogP contribution in [0.15, 0.2) is 0 Å². The fourth-order valence-corrected chi connectivity index (χ4v) is 3.04. The van der Waals surface area contributed by atoms with Gasteiger partial charge in [-0.15, -0.1) is 0 Å². The van der Waals surface area contributed by atoms with E-state index in [0.29, 0.717) is 30.5 Å². The Morgan fingerprint density at radius 3 is 3.00 bits per heavy atom. The van der Waals surface area contributed by atoms with Crippen LogP contribution in [0.5, 0.6) is 0 Å². The fraction of sp³-hybridized carbons (Fsp3) is 0.909. The predicted molar refractivity (Wildman–Crippen MR) is 52.0 cm³/mol. The number of hydrogen-bond acceptors (Lipinski definition) is 2. The second kappa shape index (κ2) is 3.89. The Bertz CT molecular complexity index is 227. The molecule has 0 aromatic rings. The molecule has 2 rings (SSSR count). The number of rotatable bonds is 2. The minimum Gasteiger partial charge on any atom is -0.481 e. The quantitative estimate of drug-likeness (QED) is 0.738. The highest BCUT2D eigenvalue weighted by molar-refractivity contribution is 5.67. The lowest BCUT2D eigenvalue weighted by molar-refractivity contribution is -0.139. The minimum absolute atomic E-state index is 0.331. The number of ether oxygens (including phenoxy) is 1. The molecule has 0 amide bonds. The first kappa shape index (κ1) is 9.97. The van der Waals surface area contributed by atoms with E-state index in [1.807, 2.05) is 0 Å². The number of hydrogen-bond donors (Lipinski definition) is 1. The van der Waals surface area contributed by atoms with Gasteiger partial charge in [0.25, 0.3) is 0 Å². The molecule has 2 aliphatic rings. The standard InChI is InChI=1S/C11H18O3/c1-7-5-9-8(6-11(12)13)3-2-4-10(9)14-7/h7-10H,2-6H2,1H3,(H,12,13)/t7-,8+,9-,10-/m1/s1. The maximum atomic E-state index is 10.7. The van der Waals surface area contributed by atoms with Crippen molar-refractivity contribution in [1.29, 1.82) is 0 Å². The van der Waals surface area contributed by atoms with E-state index in [-0.39, 0.29) is 0 Å². The average Bonchev–Trinajstić information content (AvgIpc) is 2.45. The SMILES string of the molecule is C[C@@H]1C[C@@H]2[C@H](CC(=O)O)CCC[C@H]2O1. The number of carboxylic acids is 1. The van der Waals surface area contributed by atoms with E-state index >= 15 is 0 Å². The summed E-state index contributed by atoms with van der Waals surface area (Å²) in [5.74, 6) is 0.209. The molecule has 2 fully saturated rings. The van der Waals surface area contributed by atoms with Gasteiger partial charge in [0.15, 0.2) is 0 Å². The van der Waals surface area contributed by atoms with Crippen molar-refractivity contribution in [2.24, 2.45) is 11.8 Å². The van der Waals surface area contributed by atoms with Gasteiger partial charge in [0.1, 0.15) is 0 Å². The summed E-state index contributed by atoms with van der Waals surface area (Å²) in [6.07, 6.45) is 5.41. The van der Waals surface area contributed by atoms with Gasteiger partial charge in [0.05, 0.1) is 12.2 Å². The molecule has 3 nitrogen and oxygen atoms in total. The number of carbonyl (C=O) groups is 1. The van der Waals surface area contributed by atoms with Crippen LogP contribution in [0.3, 0.4) is 0 Å². The van der Waals surface area contributed by atoms with Crippen LogP contribution in [-0.2, 0) is 9.53 Å². The summed E-state index contributed by atoms with van der Waals surface area (Å²) in [7, 11) is 0. The van der Waals surface area contributed by atoms with Crippen LogP contribution in [0.1, 0.15) is 39.0 Å². The van der Waals surface area contributed by atoms with Crippen molar-refractivity contribution in [3.05, 3.63) is 0 Å². The van der Waals surface area contributed by atoms with Gasteiger partial charge in [-0.25, -0.2) is 0 Å². The molecule has 0 bridgehead atoms. The molecule has 0 aromatic carbocycles. The Kier molecular flexibility index (Phi) is 2.77. The molecule has 80 valence electrons. The van der Waals surface area contributed by atoms with Crippen molar-refractivity contribution in [3.8, 4) is 0 Å². The highest BCUT2D eigenvalue weighted by atomic mass is 16.5. The maximum Gasteiger partial charge on any atom is 0.303 e. The molecule has 1 aliphatic carbocycles. The van der Waals surface area contributed by atoms with Gasteiger partial charge in [-0.1, -0.05) is 6.42 Å². The highest BCUT2D eigenvalue weighted by Crippen LogP contribution is 2.42. The predicted octanol–water partition coefficient (Wildman–Crippen LogP) is 2.05. The molecule has 3 heteroatoms. The molecule has 0 aromatic heterocycles. The number of aliphatic carboxylic acids is 1. The summed E-state index contributed by atoms with van der Waals surface area (Å²) in [6.45, 7) is 2.09. The van der Waals surface area contributed by atoms with Crippen LogP contribution in [0, 0.1) is 11.8 Å². The van der Waals surface area contributed by atoms with Gasteiger partial charge in [-0.05, 0) is 38.0 Å². The first-order valence-electron chi connectivity index (χ1n) is 5.54. The third-order valence-corrected chi connectivity index (χ3v) is 3.59. The second-order valence-corrected chi connectivity index (χ2v) is 4.67. The zero-order valence-corrected chi connectivity index (χ0v) is 8.61. The monoisotopic (exact) mass is 198 g/mol. The summed E-state index contributed by atoms with van der Waals surface area (Å²) in [5.41, 5.74) is 0. The van der Waals surface area contributed by atoms with E-state index in [4.69, 9.17) is 9.84 Å². The molecule has 1 aliphatic heterocycles. The van der Waals surface area contributed by atoms with Gasteiger partial charge in [-0.3, -0.25) is 4.79 Å². The van der Waals surface area contributed by atoms with Gasteiger partial charge in [0, 0.05) is 6.42 Å². The molecule has 1 saturated heterocycles. The van der Waals surface area contributed by atoms with Crippen LogP contribution in [-0.4, -0.2) is 23.3 Å². The Hall–Kier alpha value is -0.570. The summed E-state index contributed by atoms with van der Waals surface area (Å²) in [5, 5.41) is 8.81. The van der Waals surface area contributed by atoms with E-state index in [1.54, 1.807) is 0 Å². The third kappa shape index (κ3) is 1.92. The van der Waals surface area contributed by atoms with Crippen molar-refractivity contribution in [2.75, 3.05) is 0 Å². The summed E-state index contributed by atoms with van der Waals surface area (Å²) in [6, 6.07) is 0. The van der Waals surface area contributed by atoms with E-state index in [9.17, 15) is 4.79 Å². The number of fused-ring (bicyclic) bond motifs is 1. The van der Waals surface area contributed by atoms with Crippen molar-refractivity contribution >= 4 is 5.97 Å².